The first kappa shape index (κ1) is 21.1. The zero-order valence-corrected chi connectivity index (χ0v) is 18.7. The van der Waals surface area contributed by atoms with Gasteiger partial charge in [-0.15, -0.1) is 10.2 Å². The van der Waals surface area contributed by atoms with Crippen molar-refractivity contribution in [2.24, 2.45) is 0 Å². The van der Waals surface area contributed by atoms with Crippen LogP contribution in [0.2, 0.25) is 0 Å². The number of methoxy groups -OCH3 is 1. The summed E-state index contributed by atoms with van der Waals surface area (Å²) < 4.78 is 16.9. The largest absolute Gasteiger partial charge is 0.497 e. The number of thioether (sulfide) groups is 1. The number of rotatable bonds is 6. The highest BCUT2D eigenvalue weighted by Crippen LogP contribution is 2.40. The van der Waals surface area contributed by atoms with E-state index >= 15 is 0 Å². The van der Waals surface area contributed by atoms with Gasteiger partial charge in [0.25, 0.3) is 5.22 Å². The van der Waals surface area contributed by atoms with Gasteiger partial charge >= 0.3 is 0 Å². The maximum absolute atomic E-state index is 13.4. The standard InChI is InChI=1S/C25H21N3O4S/c1-30-19-13-11-18(12-14-19)24-26-27-25(32-24)33-16-23(29)28-20-9-5-6-10-22(20)31-15-21(28)17-7-3-2-4-8-17/h2-14,21H,15-16H2,1H3. The van der Waals surface area contributed by atoms with Gasteiger partial charge in [-0.3, -0.25) is 9.69 Å². The Morgan fingerprint density at radius 3 is 2.58 bits per heavy atom. The number of fused-ring (bicyclic) bond motifs is 1. The van der Waals surface area contributed by atoms with Gasteiger partial charge < -0.3 is 13.9 Å². The van der Waals surface area contributed by atoms with Crippen molar-refractivity contribution in [1.29, 1.82) is 0 Å². The molecule has 1 atom stereocenters. The molecule has 4 aromatic rings. The molecule has 2 heterocycles. The molecule has 0 fully saturated rings. The van der Waals surface area contributed by atoms with Gasteiger partial charge in [-0.25, -0.2) is 0 Å². The van der Waals surface area contributed by atoms with E-state index in [4.69, 9.17) is 13.9 Å². The first-order chi connectivity index (χ1) is 16.2. The quantitative estimate of drug-likeness (QED) is 0.375. The maximum Gasteiger partial charge on any atom is 0.277 e. The second-order valence-corrected chi connectivity index (χ2v) is 8.29. The van der Waals surface area contributed by atoms with Crippen molar-refractivity contribution in [3.8, 4) is 23.0 Å². The van der Waals surface area contributed by atoms with Crippen molar-refractivity contribution in [1.82, 2.24) is 10.2 Å². The molecule has 0 radical (unpaired) electrons. The number of anilines is 1. The van der Waals surface area contributed by atoms with Crippen molar-refractivity contribution >= 4 is 23.4 Å². The number of benzene rings is 3. The minimum absolute atomic E-state index is 0.0613. The van der Waals surface area contributed by atoms with Crippen molar-refractivity contribution in [3.05, 3.63) is 84.4 Å². The number of nitrogens with zero attached hydrogens (tertiary/aromatic N) is 3. The average molecular weight is 460 g/mol. The second-order valence-electron chi connectivity index (χ2n) is 7.36. The molecule has 0 N–H and O–H groups in total. The van der Waals surface area contributed by atoms with Crippen LogP contribution in [-0.4, -0.2) is 35.6 Å². The van der Waals surface area contributed by atoms with Crippen LogP contribution in [0.1, 0.15) is 11.6 Å². The molecule has 3 aromatic carbocycles. The SMILES string of the molecule is COc1ccc(-c2nnc(SCC(=O)N3c4ccccc4OCC3c3ccccc3)o2)cc1. The third-order valence-corrected chi connectivity index (χ3v) is 6.15. The lowest BCUT2D eigenvalue weighted by Gasteiger charge is -2.37. The molecule has 1 aliphatic heterocycles. The summed E-state index contributed by atoms with van der Waals surface area (Å²) in [4.78, 5) is 15.2. The number of hydrogen-bond acceptors (Lipinski definition) is 7. The number of aromatic nitrogens is 2. The van der Waals surface area contributed by atoms with Gasteiger partial charge in [0.05, 0.1) is 24.6 Å². The number of hydrogen-bond donors (Lipinski definition) is 0. The van der Waals surface area contributed by atoms with Crippen LogP contribution in [0.15, 0.2) is 88.5 Å². The zero-order valence-electron chi connectivity index (χ0n) is 17.9. The zero-order chi connectivity index (χ0) is 22.6. The molecule has 1 unspecified atom stereocenters. The summed E-state index contributed by atoms with van der Waals surface area (Å²) in [7, 11) is 1.61. The summed E-state index contributed by atoms with van der Waals surface area (Å²) in [6.45, 7) is 0.389. The summed E-state index contributed by atoms with van der Waals surface area (Å²) in [5.74, 6) is 1.93. The number of carbonyl (C=O) groups excluding carboxylic acids is 1. The fourth-order valence-corrected chi connectivity index (χ4v) is 4.35. The minimum Gasteiger partial charge on any atom is -0.497 e. The van der Waals surface area contributed by atoms with Crippen molar-refractivity contribution in [2.45, 2.75) is 11.3 Å². The van der Waals surface area contributed by atoms with Crippen LogP contribution in [0.25, 0.3) is 11.5 Å². The number of para-hydroxylation sites is 2. The lowest BCUT2D eigenvalue weighted by atomic mass is 10.0. The molecule has 1 aromatic heterocycles. The molecule has 166 valence electrons. The van der Waals surface area contributed by atoms with Crippen LogP contribution in [0, 0.1) is 0 Å². The van der Waals surface area contributed by atoms with Crippen molar-refractivity contribution in [2.75, 3.05) is 24.4 Å². The van der Waals surface area contributed by atoms with Gasteiger partial charge in [0.1, 0.15) is 18.1 Å². The van der Waals surface area contributed by atoms with Crippen molar-refractivity contribution in [3.63, 3.8) is 0 Å². The number of carbonyl (C=O) groups is 1. The molecule has 0 aliphatic carbocycles. The summed E-state index contributed by atoms with van der Waals surface area (Å²) in [6.07, 6.45) is 0. The van der Waals surface area contributed by atoms with Crippen LogP contribution in [0.4, 0.5) is 5.69 Å². The van der Waals surface area contributed by atoms with E-state index in [-0.39, 0.29) is 17.7 Å². The van der Waals surface area contributed by atoms with Gasteiger partial charge in [0, 0.05) is 5.56 Å². The first-order valence-corrected chi connectivity index (χ1v) is 11.4. The lowest BCUT2D eigenvalue weighted by Crippen LogP contribution is -2.42. The molecule has 0 saturated carbocycles. The highest BCUT2D eigenvalue weighted by Gasteiger charge is 2.33. The summed E-state index contributed by atoms with van der Waals surface area (Å²) in [6, 6.07) is 24.6. The third-order valence-electron chi connectivity index (χ3n) is 5.35. The molecular weight excluding hydrogens is 438 g/mol. The number of ether oxygens (including phenoxy) is 2. The normalized spacial score (nSPS) is 14.9. The summed E-state index contributed by atoms with van der Waals surface area (Å²) in [5, 5.41) is 8.54. The molecule has 0 saturated heterocycles. The van der Waals surface area contributed by atoms with Gasteiger partial charge in [-0.1, -0.05) is 54.2 Å². The van der Waals surface area contributed by atoms with Gasteiger partial charge in [0.2, 0.25) is 11.8 Å². The minimum atomic E-state index is -0.216. The van der Waals surface area contributed by atoms with Crippen LogP contribution in [0.3, 0.4) is 0 Å². The third kappa shape index (κ3) is 4.42. The first-order valence-electron chi connectivity index (χ1n) is 10.4. The van der Waals surface area contributed by atoms with Crippen LogP contribution in [0.5, 0.6) is 11.5 Å². The summed E-state index contributed by atoms with van der Waals surface area (Å²) >= 11 is 1.22. The lowest BCUT2D eigenvalue weighted by molar-refractivity contribution is -0.117. The van der Waals surface area contributed by atoms with Crippen LogP contribution >= 0.6 is 11.8 Å². The predicted octanol–water partition coefficient (Wildman–Crippen LogP) is 5.00. The molecule has 33 heavy (non-hydrogen) atoms. The Hall–Kier alpha value is -3.78. The Balaban J connectivity index is 1.34. The van der Waals surface area contributed by atoms with Gasteiger partial charge in [-0.05, 0) is 42.0 Å². The van der Waals surface area contributed by atoms with E-state index in [0.29, 0.717) is 23.5 Å². The number of amides is 1. The Labute approximate surface area is 195 Å². The molecule has 0 spiro atoms. The fourth-order valence-electron chi connectivity index (χ4n) is 3.73. The van der Waals surface area contributed by atoms with Crippen LogP contribution < -0.4 is 14.4 Å². The topological polar surface area (TPSA) is 77.7 Å². The molecule has 8 heteroatoms. The molecule has 1 amide bonds. The Morgan fingerprint density at radius 1 is 1.03 bits per heavy atom. The smallest absolute Gasteiger partial charge is 0.277 e. The molecule has 0 bridgehead atoms. The van der Waals surface area contributed by atoms with E-state index in [1.54, 1.807) is 7.11 Å². The molecular formula is C25H21N3O4S. The van der Waals surface area contributed by atoms with E-state index in [1.165, 1.54) is 11.8 Å². The Bertz CT molecular complexity index is 1240. The van der Waals surface area contributed by atoms with E-state index in [9.17, 15) is 4.79 Å². The Morgan fingerprint density at radius 2 is 1.79 bits per heavy atom. The van der Waals surface area contributed by atoms with Gasteiger partial charge in [0.15, 0.2) is 0 Å². The van der Waals surface area contributed by atoms with E-state index in [1.807, 2.05) is 83.8 Å². The summed E-state index contributed by atoms with van der Waals surface area (Å²) in [5.41, 5.74) is 2.56. The molecule has 5 rings (SSSR count). The van der Waals surface area contributed by atoms with E-state index in [0.717, 1.165) is 22.6 Å². The fraction of sp³-hybridized carbons (Fsp3) is 0.160. The molecule has 7 nitrogen and oxygen atoms in total. The van der Waals surface area contributed by atoms with E-state index in [2.05, 4.69) is 10.2 Å². The van der Waals surface area contributed by atoms with Gasteiger partial charge in [-0.2, -0.15) is 0 Å². The second kappa shape index (κ2) is 9.38. The highest BCUT2D eigenvalue weighted by atomic mass is 32.2. The van der Waals surface area contributed by atoms with Crippen LogP contribution in [-0.2, 0) is 4.79 Å². The predicted molar refractivity (Wildman–Crippen MR) is 126 cm³/mol. The Kier molecular flexibility index (Phi) is 5.99. The van der Waals surface area contributed by atoms with Crippen molar-refractivity contribution < 1.29 is 18.7 Å². The molecule has 1 aliphatic rings. The van der Waals surface area contributed by atoms with E-state index < -0.39 is 0 Å². The monoisotopic (exact) mass is 459 g/mol. The highest BCUT2D eigenvalue weighted by molar-refractivity contribution is 7.99. The average Bonchev–Trinajstić information content (AvgIpc) is 3.36. The maximum atomic E-state index is 13.4.